The van der Waals surface area contributed by atoms with Crippen LogP contribution in [0, 0.1) is 0 Å². The van der Waals surface area contributed by atoms with Crippen LogP contribution in [0.5, 0.6) is 0 Å². The van der Waals surface area contributed by atoms with Crippen molar-refractivity contribution in [1.29, 1.82) is 0 Å². The van der Waals surface area contributed by atoms with Gasteiger partial charge >= 0.3 is 0 Å². The van der Waals surface area contributed by atoms with Crippen molar-refractivity contribution in [2.45, 2.75) is 25.8 Å². The summed E-state index contributed by atoms with van der Waals surface area (Å²) >= 11 is 5.96. The van der Waals surface area contributed by atoms with Gasteiger partial charge < -0.3 is 5.73 Å². The maximum atomic E-state index is 12.8. The van der Waals surface area contributed by atoms with E-state index in [0.717, 1.165) is 31.5 Å². The highest BCUT2D eigenvalue weighted by molar-refractivity contribution is 6.30. The lowest BCUT2D eigenvalue weighted by atomic mass is 10.1. The van der Waals surface area contributed by atoms with Crippen molar-refractivity contribution in [3.8, 4) is 5.82 Å². The first-order chi connectivity index (χ1) is 14.6. The molecule has 1 amide bonds. The van der Waals surface area contributed by atoms with Crippen LogP contribution in [0.3, 0.4) is 0 Å². The average molecular weight is 430 g/mol. The van der Waals surface area contributed by atoms with E-state index in [9.17, 15) is 4.79 Å². The summed E-state index contributed by atoms with van der Waals surface area (Å²) < 4.78 is 6.06. The van der Waals surface area contributed by atoms with Crippen LogP contribution in [0.15, 0.2) is 34.0 Å². The summed E-state index contributed by atoms with van der Waals surface area (Å²) in [7, 11) is 0. The van der Waals surface area contributed by atoms with Gasteiger partial charge in [-0.2, -0.15) is 9.78 Å². The number of carbonyl (C=O) groups is 1. The number of anilines is 1. The van der Waals surface area contributed by atoms with Gasteiger partial charge in [0.15, 0.2) is 5.69 Å². The van der Waals surface area contributed by atoms with Gasteiger partial charge in [0.1, 0.15) is 0 Å². The number of nitrogens with two attached hydrogens (primary N) is 1. The molecule has 11 nitrogen and oxygen atoms in total. The monoisotopic (exact) mass is 429 g/mol. The second-order valence-electron chi connectivity index (χ2n) is 6.86. The quantitative estimate of drug-likeness (QED) is 0.445. The molecule has 3 N–H and O–H groups in total. The van der Waals surface area contributed by atoms with Gasteiger partial charge in [-0.1, -0.05) is 35.4 Å². The zero-order valence-electron chi connectivity index (χ0n) is 16.0. The Balaban J connectivity index is 1.57. The Labute approximate surface area is 176 Å². The molecule has 0 unspecified atom stereocenters. The summed E-state index contributed by atoms with van der Waals surface area (Å²) in [6, 6.07) is 7.10. The zero-order chi connectivity index (χ0) is 20.9. The Morgan fingerprint density at radius 2 is 2.13 bits per heavy atom. The van der Waals surface area contributed by atoms with E-state index in [2.05, 4.69) is 40.7 Å². The van der Waals surface area contributed by atoms with Crippen LogP contribution in [0.2, 0.25) is 5.02 Å². The molecule has 2 aromatic heterocycles. The van der Waals surface area contributed by atoms with E-state index in [0.29, 0.717) is 17.3 Å². The van der Waals surface area contributed by atoms with Gasteiger partial charge in [-0.25, -0.2) is 10.1 Å². The normalized spacial score (nSPS) is 15.0. The first-order valence-corrected chi connectivity index (χ1v) is 9.84. The molecule has 4 rings (SSSR count). The van der Waals surface area contributed by atoms with E-state index < -0.39 is 5.91 Å². The molecule has 12 heteroatoms. The summed E-state index contributed by atoms with van der Waals surface area (Å²) in [5, 5.41) is 20.0. The van der Waals surface area contributed by atoms with Crippen molar-refractivity contribution in [3.63, 3.8) is 0 Å². The fourth-order valence-corrected chi connectivity index (χ4v) is 3.46. The summed E-state index contributed by atoms with van der Waals surface area (Å²) in [5.41, 5.74) is 9.71. The predicted octanol–water partition coefficient (Wildman–Crippen LogP) is 1.64. The highest BCUT2D eigenvalue weighted by Crippen LogP contribution is 2.19. The number of hydrogen-bond donors (Lipinski definition) is 2. The zero-order valence-corrected chi connectivity index (χ0v) is 16.8. The molecular weight excluding hydrogens is 410 g/mol. The summed E-state index contributed by atoms with van der Waals surface area (Å²) in [4.78, 5) is 15.0. The fourth-order valence-electron chi connectivity index (χ4n) is 3.26. The Morgan fingerprint density at radius 1 is 1.30 bits per heavy atom. The van der Waals surface area contributed by atoms with Crippen LogP contribution in [-0.4, -0.2) is 55.4 Å². The molecule has 0 spiro atoms. The molecule has 0 bridgehead atoms. The minimum absolute atomic E-state index is 0.0609. The number of hydrazone groups is 1. The smallest absolute Gasteiger partial charge is 0.293 e. The highest BCUT2D eigenvalue weighted by Gasteiger charge is 2.26. The molecule has 1 aromatic carbocycles. The molecule has 0 saturated carbocycles. The molecule has 0 radical (unpaired) electrons. The van der Waals surface area contributed by atoms with Crippen molar-refractivity contribution in [1.82, 2.24) is 35.6 Å². The third-order valence-corrected chi connectivity index (χ3v) is 4.96. The molecule has 3 heterocycles. The minimum Gasteiger partial charge on any atom is -0.378 e. The van der Waals surface area contributed by atoms with Gasteiger partial charge in [-0.3, -0.25) is 9.69 Å². The lowest BCUT2D eigenvalue weighted by Crippen LogP contribution is -2.31. The molecule has 30 heavy (non-hydrogen) atoms. The van der Waals surface area contributed by atoms with Gasteiger partial charge in [-0.15, -0.1) is 5.10 Å². The highest BCUT2D eigenvalue weighted by atomic mass is 35.5. The molecule has 1 saturated heterocycles. The molecule has 3 aromatic rings. The van der Waals surface area contributed by atoms with Gasteiger partial charge in [-0.05, 0) is 53.9 Å². The summed E-state index contributed by atoms with van der Waals surface area (Å²) in [5.74, 6) is -0.247. The molecule has 0 aliphatic carbocycles. The van der Waals surface area contributed by atoms with Crippen molar-refractivity contribution < 1.29 is 9.42 Å². The number of likely N-dealkylation sites (tertiary alicyclic amines) is 1. The van der Waals surface area contributed by atoms with Gasteiger partial charge in [0, 0.05) is 11.6 Å². The lowest BCUT2D eigenvalue weighted by molar-refractivity contribution is 0.0947. The van der Waals surface area contributed by atoms with Crippen LogP contribution >= 0.6 is 11.6 Å². The van der Waals surface area contributed by atoms with Crippen molar-refractivity contribution in [2.24, 2.45) is 5.10 Å². The Kier molecular flexibility index (Phi) is 6.00. The number of nitrogens with zero attached hydrogens (tertiary/aromatic N) is 7. The predicted molar refractivity (Wildman–Crippen MR) is 109 cm³/mol. The standard InChI is InChI=1S/C18H20ClN9O2/c19-13-6-4-5-12(9-13)10-21-23-18(29)15-14(11-27-7-2-1-3-8-27)28(26-22-15)17-16(20)24-30-25-17/h4-6,9-10H,1-3,7-8,11H2,(H2,20,24)(H,23,29)/b21-10+. The second-order valence-corrected chi connectivity index (χ2v) is 7.30. The Hall–Kier alpha value is -3.31. The molecule has 0 atom stereocenters. The van der Waals surface area contributed by atoms with Crippen LogP contribution < -0.4 is 11.2 Å². The first-order valence-electron chi connectivity index (χ1n) is 9.46. The number of hydrogen-bond acceptors (Lipinski definition) is 9. The summed E-state index contributed by atoms with van der Waals surface area (Å²) in [6.45, 7) is 2.30. The van der Waals surface area contributed by atoms with E-state index in [1.54, 1.807) is 18.2 Å². The number of nitrogens with one attached hydrogen (secondary N) is 1. The fraction of sp³-hybridized carbons (Fsp3) is 0.333. The number of rotatable bonds is 6. The summed E-state index contributed by atoms with van der Waals surface area (Å²) in [6.07, 6.45) is 4.89. The maximum Gasteiger partial charge on any atom is 0.293 e. The van der Waals surface area contributed by atoms with Crippen molar-refractivity contribution in [2.75, 3.05) is 18.8 Å². The van der Waals surface area contributed by atoms with Crippen LogP contribution in [-0.2, 0) is 6.54 Å². The van der Waals surface area contributed by atoms with E-state index in [1.807, 2.05) is 6.07 Å². The molecular formula is C18H20ClN9O2. The van der Waals surface area contributed by atoms with E-state index in [1.165, 1.54) is 17.3 Å². The third-order valence-electron chi connectivity index (χ3n) is 4.72. The average Bonchev–Trinajstić information content (AvgIpc) is 3.34. The SMILES string of the molecule is Nc1nonc1-n1nnc(C(=O)N/N=C/c2cccc(Cl)c2)c1CN1CCCCC1. The molecule has 156 valence electrons. The van der Waals surface area contributed by atoms with Crippen molar-refractivity contribution >= 4 is 29.5 Å². The van der Waals surface area contributed by atoms with Crippen LogP contribution in [0.25, 0.3) is 5.82 Å². The largest absolute Gasteiger partial charge is 0.378 e. The number of carbonyl (C=O) groups excluding carboxylic acids is 1. The number of halogens is 1. The van der Waals surface area contributed by atoms with Gasteiger partial charge in [0.05, 0.1) is 11.9 Å². The lowest BCUT2D eigenvalue weighted by Gasteiger charge is -2.26. The third kappa shape index (κ3) is 4.47. The maximum absolute atomic E-state index is 12.8. The molecule has 1 aliphatic rings. The Morgan fingerprint density at radius 3 is 2.87 bits per heavy atom. The number of nitrogen functional groups attached to an aromatic ring is 1. The topological polar surface area (TPSA) is 140 Å². The van der Waals surface area contributed by atoms with Gasteiger partial charge in [0.2, 0.25) is 11.6 Å². The van der Waals surface area contributed by atoms with Gasteiger partial charge in [0.25, 0.3) is 5.91 Å². The van der Waals surface area contributed by atoms with Crippen LogP contribution in [0.1, 0.15) is 41.0 Å². The number of aromatic nitrogens is 5. The number of amides is 1. The Bertz CT molecular complexity index is 1060. The first kappa shape index (κ1) is 20.0. The van der Waals surface area contributed by atoms with Crippen LogP contribution in [0.4, 0.5) is 5.82 Å². The molecule has 1 fully saturated rings. The second kappa shape index (κ2) is 9.01. The molecule has 1 aliphatic heterocycles. The van der Waals surface area contributed by atoms with E-state index in [4.69, 9.17) is 17.3 Å². The van der Waals surface area contributed by atoms with E-state index >= 15 is 0 Å². The number of benzene rings is 1. The number of piperidine rings is 1. The van der Waals surface area contributed by atoms with E-state index in [-0.39, 0.29) is 17.3 Å². The van der Waals surface area contributed by atoms with Crippen molar-refractivity contribution in [3.05, 3.63) is 46.2 Å². The minimum atomic E-state index is -0.499.